The number of carbonyl (C=O) groups is 4. The van der Waals surface area contributed by atoms with Gasteiger partial charge in [0.15, 0.2) is 0 Å². The van der Waals surface area contributed by atoms with Gasteiger partial charge in [-0.1, -0.05) is 0 Å². The summed E-state index contributed by atoms with van der Waals surface area (Å²) in [7, 11) is 0. The molecule has 8 nitrogen and oxygen atoms in total. The average molecular weight is 232 g/mol. The molecule has 0 saturated carbocycles. The number of hydrogen-bond donors (Lipinski definition) is 2. The molecule has 0 radical (unpaired) electrons. The zero-order valence-electron chi connectivity index (χ0n) is 8.60. The van der Waals surface area contributed by atoms with E-state index in [-0.39, 0.29) is 12.8 Å². The highest BCUT2D eigenvalue weighted by molar-refractivity contribution is 6.32. The van der Waals surface area contributed by atoms with Gasteiger partial charge in [0.2, 0.25) is 11.7 Å². The van der Waals surface area contributed by atoms with Crippen LogP contribution in [0, 0.1) is 0 Å². The van der Waals surface area contributed by atoms with Crippen LogP contribution in [0.2, 0.25) is 0 Å². The number of Topliss-reactive ketones (excluding diaryl/α,β-unsaturated/α-hetero) is 1. The lowest BCUT2D eigenvalue weighted by atomic mass is 10.2. The Kier molecular flexibility index (Phi) is 5.71. The number of carbonyl (C=O) groups excluding carboxylic acids is 4. The molecule has 90 valence electrons. The van der Waals surface area contributed by atoms with Gasteiger partial charge in [0.25, 0.3) is 0 Å². The fraction of sp³-hybridized carbons (Fsp3) is 0.500. The second-order valence-electron chi connectivity index (χ2n) is 2.94. The van der Waals surface area contributed by atoms with Crippen molar-refractivity contribution in [3.8, 4) is 0 Å². The number of hydrogen-bond acceptors (Lipinski definition) is 7. The maximum absolute atomic E-state index is 11.0. The standard InChI is InChI=1S/C8H12N2O6/c1-4(11)7(13)15-16-8(14)5(9)2-3-6(10)12/h5H,2-3,9H2,1H3,(H2,10,12). The van der Waals surface area contributed by atoms with Crippen molar-refractivity contribution in [2.45, 2.75) is 25.8 Å². The van der Waals surface area contributed by atoms with Crippen molar-refractivity contribution in [3.05, 3.63) is 0 Å². The van der Waals surface area contributed by atoms with Crippen molar-refractivity contribution in [2.75, 3.05) is 0 Å². The van der Waals surface area contributed by atoms with Gasteiger partial charge in [0.05, 0.1) is 0 Å². The number of amides is 1. The quantitative estimate of drug-likeness (QED) is 0.323. The molecule has 0 bridgehead atoms. The molecule has 1 amide bonds. The van der Waals surface area contributed by atoms with Crippen LogP contribution in [0.15, 0.2) is 0 Å². The lowest BCUT2D eigenvalue weighted by Gasteiger charge is -2.07. The summed E-state index contributed by atoms with van der Waals surface area (Å²) >= 11 is 0. The first-order valence-electron chi connectivity index (χ1n) is 4.31. The zero-order chi connectivity index (χ0) is 12.7. The SMILES string of the molecule is CC(=O)C(=O)OOC(=O)C(N)CCC(N)=O. The predicted molar refractivity (Wildman–Crippen MR) is 49.3 cm³/mol. The summed E-state index contributed by atoms with van der Waals surface area (Å²) in [5.41, 5.74) is 10.1. The molecule has 0 aromatic heterocycles. The Morgan fingerprint density at radius 2 is 1.75 bits per heavy atom. The second-order valence-corrected chi connectivity index (χ2v) is 2.94. The summed E-state index contributed by atoms with van der Waals surface area (Å²) in [4.78, 5) is 50.1. The molecule has 0 aliphatic carbocycles. The Labute approximate surface area is 90.8 Å². The van der Waals surface area contributed by atoms with E-state index in [0.29, 0.717) is 0 Å². The van der Waals surface area contributed by atoms with E-state index in [2.05, 4.69) is 9.78 Å². The molecule has 4 N–H and O–H groups in total. The lowest BCUT2D eigenvalue weighted by Crippen LogP contribution is -2.34. The van der Waals surface area contributed by atoms with Gasteiger partial charge in [-0.25, -0.2) is 19.4 Å². The van der Waals surface area contributed by atoms with Crippen LogP contribution in [-0.2, 0) is 29.0 Å². The Balaban J connectivity index is 3.92. The summed E-state index contributed by atoms with van der Waals surface area (Å²) in [6, 6.07) is -1.15. The third-order valence-electron chi connectivity index (χ3n) is 1.49. The number of ketones is 1. The van der Waals surface area contributed by atoms with E-state index in [0.717, 1.165) is 6.92 Å². The highest BCUT2D eigenvalue weighted by Crippen LogP contribution is 1.97. The molecular weight excluding hydrogens is 220 g/mol. The fourth-order valence-electron chi connectivity index (χ4n) is 0.615. The third-order valence-corrected chi connectivity index (χ3v) is 1.49. The average Bonchev–Trinajstić information content (AvgIpc) is 2.21. The van der Waals surface area contributed by atoms with Gasteiger partial charge in [0.1, 0.15) is 6.04 Å². The Hall–Kier alpha value is -1.96. The molecule has 1 atom stereocenters. The minimum absolute atomic E-state index is 0.0359. The molecule has 16 heavy (non-hydrogen) atoms. The summed E-state index contributed by atoms with van der Waals surface area (Å²) < 4.78 is 0. The zero-order valence-corrected chi connectivity index (χ0v) is 8.60. The molecule has 0 aliphatic heterocycles. The smallest absolute Gasteiger partial charge is 0.370 e. The van der Waals surface area contributed by atoms with E-state index in [9.17, 15) is 19.2 Å². The van der Waals surface area contributed by atoms with Gasteiger partial charge in [0, 0.05) is 13.3 Å². The highest BCUT2D eigenvalue weighted by atomic mass is 17.2. The van der Waals surface area contributed by atoms with E-state index >= 15 is 0 Å². The highest BCUT2D eigenvalue weighted by Gasteiger charge is 2.20. The largest absolute Gasteiger partial charge is 0.421 e. The summed E-state index contributed by atoms with van der Waals surface area (Å²) in [5.74, 6) is -3.91. The first-order chi connectivity index (χ1) is 7.34. The fourth-order valence-corrected chi connectivity index (χ4v) is 0.615. The Morgan fingerprint density at radius 1 is 1.19 bits per heavy atom. The van der Waals surface area contributed by atoms with E-state index < -0.39 is 29.7 Å². The van der Waals surface area contributed by atoms with Crippen molar-refractivity contribution in [1.82, 2.24) is 0 Å². The molecule has 0 saturated heterocycles. The molecule has 0 fully saturated rings. The van der Waals surface area contributed by atoms with Crippen LogP contribution in [0.5, 0.6) is 0 Å². The monoisotopic (exact) mass is 232 g/mol. The topological polar surface area (TPSA) is 139 Å². The third kappa shape index (κ3) is 5.70. The lowest BCUT2D eigenvalue weighted by molar-refractivity contribution is -0.257. The molecule has 8 heteroatoms. The predicted octanol–water partition coefficient (Wildman–Crippen LogP) is -1.83. The maximum atomic E-state index is 11.0. The van der Waals surface area contributed by atoms with E-state index in [1.54, 1.807) is 0 Å². The van der Waals surface area contributed by atoms with E-state index in [4.69, 9.17) is 11.5 Å². The number of nitrogens with two attached hydrogens (primary N) is 2. The van der Waals surface area contributed by atoms with Crippen LogP contribution < -0.4 is 11.5 Å². The van der Waals surface area contributed by atoms with E-state index in [1.807, 2.05) is 0 Å². The summed E-state index contributed by atoms with van der Waals surface area (Å²) in [5, 5.41) is 0. The van der Waals surface area contributed by atoms with Gasteiger partial charge in [-0.2, -0.15) is 0 Å². The minimum atomic E-state index is -1.31. The van der Waals surface area contributed by atoms with Crippen molar-refractivity contribution >= 4 is 23.6 Å². The molecule has 0 aromatic rings. The maximum Gasteiger partial charge on any atom is 0.421 e. The Bertz CT molecular complexity index is 314. The van der Waals surface area contributed by atoms with Gasteiger partial charge in [-0.3, -0.25) is 9.59 Å². The van der Waals surface area contributed by atoms with Gasteiger partial charge in [-0.15, -0.1) is 0 Å². The van der Waals surface area contributed by atoms with Crippen LogP contribution in [0.1, 0.15) is 19.8 Å². The number of primary amides is 1. The second kappa shape index (κ2) is 6.51. The molecule has 0 heterocycles. The van der Waals surface area contributed by atoms with E-state index in [1.165, 1.54) is 0 Å². The Morgan fingerprint density at radius 3 is 2.19 bits per heavy atom. The van der Waals surface area contributed by atoms with Crippen molar-refractivity contribution < 1.29 is 29.0 Å². The van der Waals surface area contributed by atoms with Crippen molar-refractivity contribution in [3.63, 3.8) is 0 Å². The van der Waals surface area contributed by atoms with Gasteiger partial charge < -0.3 is 11.5 Å². The molecule has 0 spiro atoms. The van der Waals surface area contributed by atoms with Gasteiger partial charge >= 0.3 is 11.9 Å². The van der Waals surface area contributed by atoms with Crippen LogP contribution in [0.4, 0.5) is 0 Å². The van der Waals surface area contributed by atoms with Crippen molar-refractivity contribution in [2.24, 2.45) is 11.5 Å². The molecule has 0 aliphatic rings. The van der Waals surface area contributed by atoms with Crippen LogP contribution >= 0.6 is 0 Å². The van der Waals surface area contributed by atoms with Crippen molar-refractivity contribution in [1.29, 1.82) is 0 Å². The molecule has 0 rings (SSSR count). The summed E-state index contributed by atoms with van der Waals surface area (Å²) in [6.45, 7) is 0.948. The van der Waals surface area contributed by atoms with Crippen LogP contribution in [0.25, 0.3) is 0 Å². The number of rotatable bonds is 5. The first-order valence-corrected chi connectivity index (χ1v) is 4.31. The normalized spacial score (nSPS) is 11.4. The minimum Gasteiger partial charge on any atom is -0.370 e. The first kappa shape index (κ1) is 14.0. The van der Waals surface area contributed by atoms with Crippen LogP contribution in [0.3, 0.4) is 0 Å². The van der Waals surface area contributed by atoms with Gasteiger partial charge in [-0.05, 0) is 6.42 Å². The molecular formula is C8H12N2O6. The molecule has 0 aromatic carbocycles. The van der Waals surface area contributed by atoms with Crippen LogP contribution in [-0.4, -0.2) is 29.7 Å². The summed E-state index contributed by atoms with van der Waals surface area (Å²) in [6.07, 6.45) is -0.136. The molecule has 1 unspecified atom stereocenters.